The van der Waals surface area contributed by atoms with E-state index in [1.807, 2.05) is 24.8 Å². The van der Waals surface area contributed by atoms with E-state index >= 15 is 0 Å². The lowest BCUT2D eigenvalue weighted by Gasteiger charge is -2.38. The van der Waals surface area contributed by atoms with Crippen molar-refractivity contribution < 1.29 is 13.7 Å². The summed E-state index contributed by atoms with van der Waals surface area (Å²) in [7, 11) is -0.835. The number of hydrogen-bond donors (Lipinski definition) is 0. The number of rotatable bonds is 1. The van der Waals surface area contributed by atoms with E-state index in [0.29, 0.717) is 18.7 Å². The number of nitrogens with zero attached hydrogens (tertiary/aromatic N) is 1. The smallest absolute Gasteiger partial charge is 0.264 e. The first-order valence-corrected chi connectivity index (χ1v) is 9.21. The van der Waals surface area contributed by atoms with Crippen molar-refractivity contribution in [2.75, 3.05) is 12.3 Å². The topological polar surface area (TPSA) is 46.6 Å². The van der Waals surface area contributed by atoms with Gasteiger partial charge in [0.25, 0.3) is 5.91 Å². The summed E-state index contributed by atoms with van der Waals surface area (Å²) in [6, 6.07) is 4.14. The van der Waals surface area contributed by atoms with Gasteiger partial charge in [-0.2, -0.15) is 0 Å². The molecule has 0 aromatic heterocycles. The highest BCUT2D eigenvalue weighted by molar-refractivity contribution is 7.85. The second-order valence-corrected chi connectivity index (χ2v) is 8.33. The standard InChI is InChI=1S/C17H23NO3S/c1-10-7-14-9-16(21-15(14)8-11(10)2)17(19)18-5-6-22(20)13(4)12(18)3/h7-8,12-13,16H,5-6,9H2,1-4H3. The van der Waals surface area contributed by atoms with Gasteiger partial charge in [0.1, 0.15) is 5.75 Å². The fourth-order valence-electron chi connectivity index (χ4n) is 3.20. The van der Waals surface area contributed by atoms with Crippen molar-refractivity contribution >= 4 is 16.7 Å². The number of fused-ring (bicyclic) bond motifs is 1. The third-order valence-corrected chi connectivity index (χ3v) is 6.84. The average molecular weight is 321 g/mol. The summed E-state index contributed by atoms with van der Waals surface area (Å²) in [5.41, 5.74) is 3.52. The van der Waals surface area contributed by atoms with Crippen molar-refractivity contribution in [2.45, 2.75) is 51.5 Å². The molecule has 0 N–H and O–H groups in total. The molecule has 0 aliphatic carbocycles. The van der Waals surface area contributed by atoms with Crippen LogP contribution in [0.15, 0.2) is 12.1 Å². The van der Waals surface area contributed by atoms with E-state index in [1.54, 1.807) is 0 Å². The minimum Gasteiger partial charge on any atom is -0.480 e. The van der Waals surface area contributed by atoms with Gasteiger partial charge in [-0.05, 0) is 50.5 Å². The summed E-state index contributed by atoms with van der Waals surface area (Å²) in [6.07, 6.45) is 0.202. The van der Waals surface area contributed by atoms with E-state index in [9.17, 15) is 9.00 Å². The molecular formula is C17H23NO3S. The third-order valence-electron chi connectivity index (χ3n) is 5.03. The Labute approximate surface area is 134 Å². The summed E-state index contributed by atoms with van der Waals surface area (Å²) >= 11 is 0. The normalized spacial score (nSPS) is 30.8. The van der Waals surface area contributed by atoms with Gasteiger partial charge in [-0.1, -0.05) is 6.07 Å². The highest BCUT2D eigenvalue weighted by Crippen LogP contribution is 2.32. The predicted molar refractivity (Wildman–Crippen MR) is 87.7 cm³/mol. The lowest BCUT2D eigenvalue weighted by molar-refractivity contribution is -0.139. The Balaban J connectivity index is 1.76. The van der Waals surface area contributed by atoms with Crippen LogP contribution >= 0.6 is 0 Å². The van der Waals surface area contributed by atoms with Gasteiger partial charge in [0.15, 0.2) is 6.10 Å². The highest BCUT2D eigenvalue weighted by Gasteiger charge is 2.39. The molecule has 1 saturated heterocycles. The second-order valence-electron chi connectivity index (χ2n) is 6.42. The van der Waals surface area contributed by atoms with Crippen LogP contribution in [0.4, 0.5) is 0 Å². The Bertz CT molecular complexity index is 612. The minimum atomic E-state index is -0.835. The molecule has 0 spiro atoms. The largest absolute Gasteiger partial charge is 0.480 e. The molecule has 1 amide bonds. The van der Waals surface area contributed by atoms with E-state index in [-0.39, 0.29) is 17.2 Å². The Morgan fingerprint density at radius 2 is 1.95 bits per heavy atom. The quantitative estimate of drug-likeness (QED) is 0.794. The predicted octanol–water partition coefficient (Wildman–Crippen LogP) is 1.97. The van der Waals surface area contributed by atoms with Crippen molar-refractivity contribution in [1.29, 1.82) is 0 Å². The number of hydrogen-bond acceptors (Lipinski definition) is 3. The molecule has 1 aromatic carbocycles. The van der Waals surface area contributed by atoms with Crippen LogP contribution in [0.5, 0.6) is 5.75 Å². The Morgan fingerprint density at radius 1 is 1.27 bits per heavy atom. The molecule has 5 heteroatoms. The van der Waals surface area contributed by atoms with Crippen LogP contribution in [0.2, 0.25) is 0 Å². The lowest BCUT2D eigenvalue weighted by Crippen LogP contribution is -2.55. The molecule has 0 radical (unpaired) electrons. The van der Waals surface area contributed by atoms with Crippen molar-refractivity contribution in [2.24, 2.45) is 0 Å². The average Bonchev–Trinajstić information content (AvgIpc) is 2.87. The number of amides is 1. The summed E-state index contributed by atoms with van der Waals surface area (Å²) in [5.74, 6) is 1.43. The van der Waals surface area contributed by atoms with E-state index in [4.69, 9.17) is 4.74 Å². The first-order chi connectivity index (χ1) is 10.4. The zero-order valence-electron chi connectivity index (χ0n) is 13.6. The molecule has 4 nitrogen and oxygen atoms in total. The van der Waals surface area contributed by atoms with Crippen LogP contribution in [0.25, 0.3) is 0 Å². The van der Waals surface area contributed by atoms with Crippen molar-refractivity contribution in [1.82, 2.24) is 4.90 Å². The maximum atomic E-state index is 12.8. The summed E-state index contributed by atoms with van der Waals surface area (Å²) < 4.78 is 17.8. The molecule has 0 saturated carbocycles. The maximum Gasteiger partial charge on any atom is 0.264 e. The highest BCUT2D eigenvalue weighted by atomic mass is 32.2. The van der Waals surface area contributed by atoms with E-state index < -0.39 is 16.9 Å². The molecule has 4 atom stereocenters. The summed E-state index contributed by atoms with van der Waals surface area (Å²) in [5, 5.41) is 0.0194. The lowest BCUT2D eigenvalue weighted by atomic mass is 10.0. The van der Waals surface area contributed by atoms with Gasteiger partial charge >= 0.3 is 0 Å². The van der Waals surface area contributed by atoms with Crippen LogP contribution in [0.3, 0.4) is 0 Å². The van der Waals surface area contributed by atoms with E-state index in [1.165, 1.54) is 11.1 Å². The zero-order chi connectivity index (χ0) is 16.0. The van der Waals surface area contributed by atoms with Gasteiger partial charge in [-0.15, -0.1) is 0 Å². The van der Waals surface area contributed by atoms with Crippen molar-refractivity contribution in [3.63, 3.8) is 0 Å². The Kier molecular flexibility index (Phi) is 4.02. The summed E-state index contributed by atoms with van der Waals surface area (Å²) in [6.45, 7) is 8.63. The van der Waals surface area contributed by atoms with Crippen LogP contribution in [-0.2, 0) is 22.0 Å². The number of ether oxygens (including phenoxy) is 1. The number of carbonyl (C=O) groups is 1. The van der Waals surface area contributed by atoms with E-state index in [0.717, 1.165) is 11.3 Å². The molecule has 2 aliphatic rings. The van der Waals surface area contributed by atoms with Gasteiger partial charge in [-0.3, -0.25) is 9.00 Å². The molecule has 3 rings (SSSR count). The molecule has 22 heavy (non-hydrogen) atoms. The third kappa shape index (κ3) is 2.56. The van der Waals surface area contributed by atoms with Crippen LogP contribution in [0, 0.1) is 13.8 Å². The maximum absolute atomic E-state index is 12.8. The fourth-order valence-corrected chi connectivity index (χ4v) is 4.53. The number of benzene rings is 1. The first kappa shape index (κ1) is 15.5. The molecule has 120 valence electrons. The number of carbonyl (C=O) groups excluding carboxylic acids is 1. The van der Waals surface area contributed by atoms with Crippen LogP contribution < -0.4 is 4.74 Å². The van der Waals surface area contributed by atoms with Gasteiger partial charge in [-0.25, -0.2) is 0 Å². The minimum absolute atomic E-state index is 0.00197. The summed E-state index contributed by atoms with van der Waals surface area (Å²) in [4.78, 5) is 14.7. The van der Waals surface area contributed by atoms with Crippen molar-refractivity contribution in [3.8, 4) is 5.75 Å². The fraction of sp³-hybridized carbons (Fsp3) is 0.588. The van der Waals surface area contributed by atoms with Crippen LogP contribution in [0.1, 0.15) is 30.5 Å². The Morgan fingerprint density at radius 3 is 2.68 bits per heavy atom. The molecule has 2 aliphatic heterocycles. The van der Waals surface area contributed by atoms with Gasteiger partial charge in [0.05, 0.1) is 5.25 Å². The molecule has 1 aromatic rings. The molecule has 4 unspecified atom stereocenters. The van der Waals surface area contributed by atoms with E-state index in [2.05, 4.69) is 19.9 Å². The number of aryl methyl sites for hydroxylation is 2. The first-order valence-electron chi connectivity index (χ1n) is 7.83. The Hall–Kier alpha value is -1.36. The zero-order valence-corrected chi connectivity index (χ0v) is 14.4. The molecule has 0 bridgehead atoms. The van der Waals surface area contributed by atoms with Crippen LogP contribution in [-0.4, -0.2) is 44.7 Å². The van der Waals surface area contributed by atoms with Gasteiger partial charge in [0.2, 0.25) is 0 Å². The van der Waals surface area contributed by atoms with Gasteiger partial charge < -0.3 is 9.64 Å². The van der Waals surface area contributed by atoms with Crippen molar-refractivity contribution in [3.05, 3.63) is 28.8 Å². The molecular weight excluding hydrogens is 298 g/mol. The monoisotopic (exact) mass is 321 g/mol. The SMILES string of the molecule is Cc1cc2c(cc1C)OC(C(=O)N1CCS(=O)C(C)C1C)C2. The second kappa shape index (κ2) is 5.69. The molecule has 2 heterocycles. The molecule has 1 fully saturated rings. The van der Waals surface area contributed by atoms with Gasteiger partial charge in [0, 0.05) is 35.6 Å².